The number of rotatable bonds is 5. The van der Waals surface area contributed by atoms with Gasteiger partial charge in [0.25, 0.3) is 17.7 Å². The van der Waals surface area contributed by atoms with Gasteiger partial charge in [-0.1, -0.05) is 37.1 Å². The van der Waals surface area contributed by atoms with Crippen molar-refractivity contribution in [3.05, 3.63) is 65.2 Å². The fourth-order valence-corrected chi connectivity index (χ4v) is 3.84. The minimum atomic E-state index is -0.541. The van der Waals surface area contributed by atoms with Gasteiger partial charge in [0.1, 0.15) is 6.54 Å². The molecule has 0 atom stereocenters. The van der Waals surface area contributed by atoms with Crippen molar-refractivity contribution in [3.63, 3.8) is 0 Å². The molecule has 1 aliphatic carbocycles. The monoisotopic (exact) mass is 391 g/mol. The van der Waals surface area contributed by atoms with E-state index in [2.05, 4.69) is 10.6 Å². The maximum Gasteiger partial charge on any atom is 0.262 e. The highest BCUT2D eigenvalue weighted by atomic mass is 16.2. The summed E-state index contributed by atoms with van der Waals surface area (Å²) in [5.74, 6) is -1.77. The van der Waals surface area contributed by atoms with E-state index < -0.39 is 24.3 Å². The molecule has 0 radical (unpaired) electrons. The van der Waals surface area contributed by atoms with Crippen molar-refractivity contribution in [2.45, 2.75) is 31.7 Å². The molecule has 0 bridgehead atoms. The van der Waals surface area contributed by atoms with Crippen LogP contribution in [0.5, 0.6) is 0 Å². The van der Waals surface area contributed by atoms with Gasteiger partial charge in [-0.2, -0.15) is 0 Å². The highest BCUT2D eigenvalue weighted by molar-refractivity contribution is 6.22. The highest BCUT2D eigenvalue weighted by Crippen LogP contribution is 2.23. The predicted octanol–water partition coefficient (Wildman–Crippen LogP) is 2.59. The predicted molar refractivity (Wildman–Crippen MR) is 107 cm³/mol. The maximum absolute atomic E-state index is 12.6. The molecule has 2 aromatic carbocycles. The summed E-state index contributed by atoms with van der Waals surface area (Å²) in [4.78, 5) is 50.9. The van der Waals surface area contributed by atoms with Crippen LogP contribution < -0.4 is 10.6 Å². The molecule has 2 N–H and O–H groups in total. The van der Waals surface area contributed by atoms with Gasteiger partial charge in [-0.05, 0) is 37.1 Å². The van der Waals surface area contributed by atoms with E-state index in [1.54, 1.807) is 48.5 Å². The molecule has 0 unspecified atom stereocenters. The van der Waals surface area contributed by atoms with Gasteiger partial charge in [-0.25, -0.2) is 0 Å². The number of amides is 4. The molecule has 1 aliphatic heterocycles. The maximum atomic E-state index is 12.6. The summed E-state index contributed by atoms with van der Waals surface area (Å²) in [6.45, 7) is -0.412. The first-order chi connectivity index (χ1) is 14.0. The lowest BCUT2D eigenvalue weighted by molar-refractivity contribution is -0.116. The van der Waals surface area contributed by atoms with E-state index in [4.69, 9.17) is 0 Å². The number of carbonyl (C=O) groups excluding carboxylic acids is 4. The first-order valence-corrected chi connectivity index (χ1v) is 9.69. The third kappa shape index (κ3) is 3.76. The van der Waals surface area contributed by atoms with Crippen LogP contribution in [0.2, 0.25) is 0 Å². The molecule has 2 aliphatic rings. The minimum absolute atomic E-state index is 0.157. The quantitative estimate of drug-likeness (QED) is 0.766. The molecule has 7 nitrogen and oxygen atoms in total. The van der Waals surface area contributed by atoms with Gasteiger partial charge in [0.05, 0.1) is 22.4 Å². The molecule has 2 aromatic rings. The molecule has 0 aromatic heterocycles. The third-order valence-electron chi connectivity index (χ3n) is 5.32. The van der Waals surface area contributed by atoms with Crippen LogP contribution in [0.25, 0.3) is 0 Å². The number of anilines is 1. The van der Waals surface area contributed by atoms with Gasteiger partial charge < -0.3 is 10.6 Å². The Hall–Kier alpha value is -3.48. The molecular weight excluding hydrogens is 370 g/mol. The lowest BCUT2D eigenvalue weighted by Crippen LogP contribution is -2.38. The van der Waals surface area contributed by atoms with Crippen LogP contribution in [0.15, 0.2) is 48.5 Å². The second-order valence-electron chi connectivity index (χ2n) is 7.29. The molecule has 1 saturated carbocycles. The molecule has 0 saturated heterocycles. The highest BCUT2D eigenvalue weighted by Gasteiger charge is 2.36. The molecule has 1 fully saturated rings. The van der Waals surface area contributed by atoms with E-state index in [0.717, 1.165) is 30.6 Å². The van der Waals surface area contributed by atoms with Crippen LogP contribution in [0, 0.1) is 0 Å². The Morgan fingerprint density at radius 3 is 2.14 bits per heavy atom. The van der Waals surface area contributed by atoms with Crippen molar-refractivity contribution >= 4 is 29.3 Å². The van der Waals surface area contributed by atoms with Crippen molar-refractivity contribution < 1.29 is 19.2 Å². The molecular formula is C22H21N3O4. The third-order valence-corrected chi connectivity index (χ3v) is 5.32. The summed E-state index contributed by atoms with van der Waals surface area (Å²) in [6, 6.07) is 13.3. The standard InChI is InChI=1S/C22H21N3O4/c26-19(13-25-21(28)15-9-3-4-10-16(15)22(25)29)24-18-12-6-5-11-17(18)20(27)23-14-7-1-2-8-14/h3-6,9-12,14H,1-2,7-8,13H2,(H,23,27)(H,24,26). The Bertz CT molecular complexity index is 960. The summed E-state index contributed by atoms with van der Waals surface area (Å²) in [6.07, 6.45) is 4.12. The zero-order chi connectivity index (χ0) is 20.4. The molecule has 29 heavy (non-hydrogen) atoms. The zero-order valence-corrected chi connectivity index (χ0v) is 15.8. The van der Waals surface area contributed by atoms with Crippen LogP contribution in [0.4, 0.5) is 5.69 Å². The molecule has 4 amide bonds. The van der Waals surface area contributed by atoms with Crippen molar-refractivity contribution in [2.75, 3.05) is 11.9 Å². The zero-order valence-electron chi connectivity index (χ0n) is 15.8. The fraction of sp³-hybridized carbons (Fsp3) is 0.273. The Labute approximate surface area is 168 Å². The number of imide groups is 1. The number of hydrogen-bond donors (Lipinski definition) is 2. The number of nitrogens with one attached hydrogen (secondary N) is 2. The summed E-state index contributed by atoms with van der Waals surface area (Å²) >= 11 is 0. The lowest BCUT2D eigenvalue weighted by Gasteiger charge is -2.17. The number of para-hydroxylation sites is 1. The number of hydrogen-bond acceptors (Lipinski definition) is 4. The average Bonchev–Trinajstić information content (AvgIpc) is 3.31. The van der Waals surface area contributed by atoms with Gasteiger partial charge in [0.15, 0.2) is 0 Å². The molecule has 0 spiro atoms. The van der Waals surface area contributed by atoms with E-state index in [1.165, 1.54) is 0 Å². The van der Waals surface area contributed by atoms with Crippen molar-refractivity contribution in [3.8, 4) is 0 Å². The number of carbonyl (C=O) groups is 4. The number of benzene rings is 2. The fourth-order valence-electron chi connectivity index (χ4n) is 3.84. The van der Waals surface area contributed by atoms with Gasteiger partial charge in [0.2, 0.25) is 5.91 Å². The second kappa shape index (κ2) is 7.87. The van der Waals surface area contributed by atoms with Gasteiger partial charge >= 0.3 is 0 Å². The van der Waals surface area contributed by atoms with Crippen molar-refractivity contribution in [1.82, 2.24) is 10.2 Å². The summed E-state index contributed by atoms with van der Waals surface area (Å²) < 4.78 is 0. The van der Waals surface area contributed by atoms with Crippen LogP contribution in [0.1, 0.15) is 56.8 Å². The lowest BCUT2D eigenvalue weighted by atomic mass is 10.1. The smallest absolute Gasteiger partial charge is 0.262 e. The molecule has 1 heterocycles. The van der Waals surface area contributed by atoms with Gasteiger partial charge in [0, 0.05) is 6.04 Å². The van der Waals surface area contributed by atoms with Crippen molar-refractivity contribution in [2.24, 2.45) is 0 Å². The summed E-state index contributed by atoms with van der Waals surface area (Å²) in [5.41, 5.74) is 1.29. The van der Waals surface area contributed by atoms with Crippen LogP contribution >= 0.6 is 0 Å². The molecule has 7 heteroatoms. The number of nitrogens with zero attached hydrogens (tertiary/aromatic N) is 1. The summed E-state index contributed by atoms with van der Waals surface area (Å²) in [5, 5.41) is 5.66. The van der Waals surface area contributed by atoms with Gasteiger partial charge in [-0.15, -0.1) is 0 Å². The Kier molecular flexibility index (Phi) is 5.12. The minimum Gasteiger partial charge on any atom is -0.349 e. The van der Waals surface area contributed by atoms with Crippen LogP contribution in [-0.4, -0.2) is 41.1 Å². The van der Waals surface area contributed by atoms with E-state index in [0.29, 0.717) is 22.4 Å². The Morgan fingerprint density at radius 2 is 1.48 bits per heavy atom. The van der Waals surface area contributed by atoms with Crippen molar-refractivity contribution in [1.29, 1.82) is 0 Å². The Morgan fingerprint density at radius 1 is 0.897 bits per heavy atom. The van der Waals surface area contributed by atoms with Crippen LogP contribution in [-0.2, 0) is 4.79 Å². The normalized spacial score (nSPS) is 16.1. The average molecular weight is 391 g/mol. The first-order valence-electron chi connectivity index (χ1n) is 9.69. The van der Waals surface area contributed by atoms with E-state index in [9.17, 15) is 19.2 Å². The first kappa shape index (κ1) is 18.9. The van der Waals surface area contributed by atoms with Crippen LogP contribution in [0.3, 0.4) is 0 Å². The summed E-state index contributed by atoms with van der Waals surface area (Å²) in [7, 11) is 0. The topological polar surface area (TPSA) is 95.6 Å². The van der Waals surface area contributed by atoms with Gasteiger partial charge in [-0.3, -0.25) is 24.1 Å². The number of fused-ring (bicyclic) bond motifs is 1. The second-order valence-corrected chi connectivity index (χ2v) is 7.29. The van der Waals surface area contributed by atoms with E-state index >= 15 is 0 Å². The largest absolute Gasteiger partial charge is 0.349 e. The van der Waals surface area contributed by atoms with E-state index in [-0.39, 0.29) is 11.9 Å². The SMILES string of the molecule is O=C(CN1C(=O)c2ccccc2C1=O)Nc1ccccc1C(=O)NC1CCCC1. The van der Waals surface area contributed by atoms with E-state index in [1.807, 2.05) is 0 Å². The molecule has 148 valence electrons. The molecule has 4 rings (SSSR count). The Balaban J connectivity index is 1.45.